The van der Waals surface area contributed by atoms with Crippen LogP contribution in [0.5, 0.6) is 11.5 Å². The van der Waals surface area contributed by atoms with Gasteiger partial charge in [0.25, 0.3) is 5.91 Å². The summed E-state index contributed by atoms with van der Waals surface area (Å²) in [5.74, 6) is 1.32. The van der Waals surface area contributed by atoms with Crippen molar-refractivity contribution in [3.05, 3.63) is 144 Å². The van der Waals surface area contributed by atoms with Crippen LogP contribution in [-0.2, 0) is 19.5 Å². The first-order valence-corrected chi connectivity index (χ1v) is 21.8. The van der Waals surface area contributed by atoms with E-state index >= 15 is 0 Å². The zero-order chi connectivity index (χ0) is 40.4. The van der Waals surface area contributed by atoms with Crippen molar-refractivity contribution in [2.75, 3.05) is 26.1 Å². The lowest BCUT2D eigenvalue weighted by atomic mass is 9.80. The maximum atomic E-state index is 13.1. The zero-order valence-corrected chi connectivity index (χ0v) is 34.2. The zero-order valence-electron chi connectivity index (χ0n) is 33.2. The van der Waals surface area contributed by atoms with Gasteiger partial charge in [-0.2, -0.15) is 0 Å². The van der Waals surface area contributed by atoms with Crippen LogP contribution >= 0.6 is 0 Å². The summed E-state index contributed by atoms with van der Waals surface area (Å²) in [6, 6.07) is 34.5. The summed E-state index contributed by atoms with van der Waals surface area (Å²) < 4.78 is 33.9. The molecule has 0 spiro atoms. The van der Waals surface area contributed by atoms with Crippen molar-refractivity contribution in [3.8, 4) is 11.5 Å². The second-order valence-electron chi connectivity index (χ2n) is 15.6. The Morgan fingerprint density at radius 2 is 1.37 bits per heavy atom. The maximum Gasteiger partial charge on any atom is 0.256 e. The van der Waals surface area contributed by atoms with E-state index in [0.29, 0.717) is 28.2 Å². The number of ether oxygens (including phenoxy) is 4. The number of carbonyl (C=O) groups excluding carboxylic acids is 1. The Kier molecular flexibility index (Phi) is 11.3. The second kappa shape index (κ2) is 16.2. The smallest absolute Gasteiger partial charge is 0.256 e. The average molecular weight is 788 g/mol. The minimum absolute atomic E-state index is 0.0276. The van der Waals surface area contributed by atoms with E-state index in [1.54, 1.807) is 49.4 Å². The van der Waals surface area contributed by atoms with E-state index in [1.807, 2.05) is 84.9 Å². The van der Waals surface area contributed by atoms with E-state index in [2.05, 4.69) is 54.1 Å². The number of carbonyl (C=O) groups is 1. The summed E-state index contributed by atoms with van der Waals surface area (Å²) in [7, 11) is 0.784. The van der Waals surface area contributed by atoms with Gasteiger partial charge in [-0.05, 0) is 71.2 Å². The third-order valence-corrected chi connectivity index (χ3v) is 15.6. The molecular formula is C44H49N5O7Si. The Hall–Kier alpha value is -5.44. The number of methoxy groups -OCH3 is 2. The van der Waals surface area contributed by atoms with Gasteiger partial charge in [-0.3, -0.25) is 9.36 Å². The number of hydrogen-bond acceptors (Lipinski definition) is 10. The fourth-order valence-corrected chi connectivity index (χ4v) is 8.25. The predicted octanol–water partition coefficient (Wildman–Crippen LogP) is 7.75. The summed E-state index contributed by atoms with van der Waals surface area (Å²) >= 11 is 0. The minimum atomic E-state index is -2.49. The van der Waals surface area contributed by atoms with Gasteiger partial charge in [-0.25, -0.2) is 15.0 Å². The van der Waals surface area contributed by atoms with Gasteiger partial charge in [0.15, 0.2) is 31.5 Å². The molecule has 0 radical (unpaired) electrons. The van der Waals surface area contributed by atoms with E-state index in [9.17, 15) is 9.90 Å². The molecular weight excluding hydrogens is 739 g/mol. The van der Waals surface area contributed by atoms with E-state index < -0.39 is 38.5 Å². The Labute approximate surface area is 333 Å². The molecule has 12 nitrogen and oxygen atoms in total. The Morgan fingerprint density at radius 3 is 1.93 bits per heavy atom. The number of anilines is 1. The molecule has 0 bridgehead atoms. The Bertz CT molecular complexity index is 2230. The van der Waals surface area contributed by atoms with Crippen molar-refractivity contribution in [1.29, 1.82) is 0 Å². The van der Waals surface area contributed by atoms with Crippen molar-refractivity contribution in [1.82, 2.24) is 19.5 Å². The lowest BCUT2D eigenvalue weighted by Gasteiger charge is -2.41. The number of rotatable bonds is 13. The molecule has 7 rings (SSSR count). The topological polar surface area (TPSA) is 139 Å². The average Bonchev–Trinajstić information content (AvgIpc) is 3.79. The number of aliphatic hydroxyl groups excluding tert-OH is 1. The number of nitrogens with zero attached hydrogens (tertiary/aromatic N) is 4. The molecule has 4 aromatic carbocycles. The molecule has 1 aliphatic heterocycles. The van der Waals surface area contributed by atoms with Gasteiger partial charge < -0.3 is 33.8 Å². The quantitative estimate of drug-likeness (QED) is 0.0883. The molecule has 0 unspecified atom stereocenters. The highest BCUT2D eigenvalue weighted by atomic mass is 28.4. The van der Waals surface area contributed by atoms with E-state index in [1.165, 1.54) is 6.33 Å². The highest BCUT2D eigenvalue weighted by Crippen LogP contribution is 2.45. The first kappa shape index (κ1) is 39.8. The van der Waals surface area contributed by atoms with Crippen LogP contribution in [0.3, 0.4) is 0 Å². The molecule has 57 heavy (non-hydrogen) atoms. The number of aliphatic hydroxyl groups is 1. The van der Waals surface area contributed by atoms with Crippen LogP contribution < -0.4 is 14.8 Å². The molecule has 13 heteroatoms. The molecule has 3 heterocycles. The SMILES string of the molecule is COc1ccc(C(OC[C@H]2O[C@@H](n3cnc4c(NC(=O)c5ccccc5)ncnc43)[C@H](O)[C@@H]2O[Si](C)(C)C(C)(C)C)(c2ccccc2)c2ccc(OC)cc2)cc1. The fourth-order valence-electron chi connectivity index (χ4n) is 6.93. The summed E-state index contributed by atoms with van der Waals surface area (Å²) in [4.78, 5) is 26.5. The predicted molar refractivity (Wildman–Crippen MR) is 220 cm³/mol. The third kappa shape index (κ3) is 7.81. The Balaban J connectivity index is 1.28. The second-order valence-corrected chi connectivity index (χ2v) is 20.3. The summed E-state index contributed by atoms with van der Waals surface area (Å²) in [6.07, 6.45) is -0.733. The lowest BCUT2D eigenvalue weighted by molar-refractivity contribution is -0.0930. The summed E-state index contributed by atoms with van der Waals surface area (Å²) in [5, 5.41) is 15.0. The van der Waals surface area contributed by atoms with Gasteiger partial charge in [0.2, 0.25) is 0 Å². The minimum Gasteiger partial charge on any atom is -0.497 e. The van der Waals surface area contributed by atoms with E-state index in [-0.39, 0.29) is 23.4 Å². The van der Waals surface area contributed by atoms with Crippen LogP contribution in [0.25, 0.3) is 11.2 Å². The number of nitrogens with one attached hydrogen (secondary N) is 1. The first-order chi connectivity index (χ1) is 27.4. The van der Waals surface area contributed by atoms with Crippen molar-refractivity contribution in [2.45, 2.75) is 69.0 Å². The molecule has 1 saturated heterocycles. The highest BCUT2D eigenvalue weighted by Gasteiger charge is 2.52. The van der Waals surface area contributed by atoms with Crippen molar-refractivity contribution in [3.63, 3.8) is 0 Å². The molecule has 1 amide bonds. The monoisotopic (exact) mass is 787 g/mol. The number of imidazole rings is 1. The molecule has 296 valence electrons. The van der Waals surface area contributed by atoms with E-state index in [4.69, 9.17) is 23.4 Å². The molecule has 0 aliphatic carbocycles. The normalized spacial score (nSPS) is 18.7. The van der Waals surface area contributed by atoms with Crippen LogP contribution in [0, 0.1) is 0 Å². The molecule has 1 aliphatic rings. The molecule has 4 atom stereocenters. The van der Waals surface area contributed by atoms with Crippen molar-refractivity contribution >= 4 is 31.2 Å². The van der Waals surface area contributed by atoms with E-state index in [0.717, 1.165) is 16.7 Å². The van der Waals surface area contributed by atoms with Gasteiger partial charge >= 0.3 is 0 Å². The van der Waals surface area contributed by atoms with Crippen LogP contribution in [-0.4, -0.2) is 78.0 Å². The summed E-state index contributed by atoms with van der Waals surface area (Å²) in [6.45, 7) is 10.8. The number of hydrogen-bond donors (Lipinski definition) is 2. The first-order valence-electron chi connectivity index (χ1n) is 18.9. The molecule has 6 aromatic rings. The molecule has 1 fully saturated rings. The van der Waals surface area contributed by atoms with Gasteiger partial charge in [-0.1, -0.05) is 93.6 Å². The lowest BCUT2D eigenvalue weighted by Crippen LogP contribution is -2.50. The van der Waals surface area contributed by atoms with Crippen molar-refractivity contribution < 1.29 is 33.3 Å². The third-order valence-electron chi connectivity index (χ3n) is 11.1. The van der Waals surface area contributed by atoms with Gasteiger partial charge in [0, 0.05) is 5.56 Å². The van der Waals surface area contributed by atoms with Gasteiger partial charge in [0.05, 0.1) is 27.2 Å². The van der Waals surface area contributed by atoms with Gasteiger partial charge in [0.1, 0.15) is 41.7 Å². The highest BCUT2D eigenvalue weighted by molar-refractivity contribution is 6.74. The number of fused-ring (bicyclic) bond motifs is 1. The Morgan fingerprint density at radius 1 is 0.807 bits per heavy atom. The maximum absolute atomic E-state index is 13.1. The largest absolute Gasteiger partial charge is 0.497 e. The van der Waals surface area contributed by atoms with Crippen LogP contribution in [0.1, 0.15) is 54.0 Å². The number of amides is 1. The number of aromatic nitrogens is 4. The molecule has 0 saturated carbocycles. The summed E-state index contributed by atoms with van der Waals surface area (Å²) in [5.41, 5.74) is 2.68. The standard InChI is InChI=1S/C44H49N5O7Si/c1-43(2,3)57(6,7)56-38-35(55-42(37(38)50)49-28-47-36-39(45-27-46-40(36)49)48-41(51)29-14-10-8-11-15-29)26-54-44(30-16-12-9-13-17-30,31-18-22-33(52-4)23-19-31)32-20-24-34(53-5)25-21-32/h8-25,27-28,35,37-38,42,50H,26H2,1-7H3,(H,45,46,48,51)/t35-,37-,38-,42-/m1/s1. The van der Waals surface area contributed by atoms with Crippen LogP contribution in [0.15, 0.2) is 122 Å². The van der Waals surface area contributed by atoms with Crippen LogP contribution in [0.2, 0.25) is 18.1 Å². The molecule has 2 N–H and O–H groups in total. The van der Waals surface area contributed by atoms with Crippen LogP contribution in [0.4, 0.5) is 5.82 Å². The number of benzene rings is 4. The van der Waals surface area contributed by atoms with Gasteiger partial charge in [-0.15, -0.1) is 0 Å². The fraction of sp³-hybridized carbons (Fsp3) is 0.318. The van der Waals surface area contributed by atoms with Crippen molar-refractivity contribution in [2.24, 2.45) is 0 Å². The molecule has 2 aromatic heterocycles.